The third-order valence-electron chi connectivity index (χ3n) is 5.39. The molecule has 4 amide bonds. The fourth-order valence-electron chi connectivity index (χ4n) is 3.62. The molecule has 9 heteroatoms. The highest BCUT2D eigenvalue weighted by molar-refractivity contribution is 9.10. The monoisotopic (exact) mass is 552 g/mol. The van der Waals surface area contributed by atoms with Gasteiger partial charge in [0.05, 0.1) is 18.4 Å². The summed E-state index contributed by atoms with van der Waals surface area (Å²) in [5, 5.41) is 2.81. The van der Waals surface area contributed by atoms with E-state index in [9.17, 15) is 19.2 Å². The Morgan fingerprint density at radius 3 is 2.43 bits per heavy atom. The summed E-state index contributed by atoms with van der Waals surface area (Å²) in [6, 6.07) is 17.8. The predicted molar refractivity (Wildman–Crippen MR) is 135 cm³/mol. The molecule has 1 fully saturated rings. The summed E-state index contributed by atoms with van der Waals surface area (Å²) in [7, 11) is 1.25. The van der Waals surface area contributed by atoms with Crippen LogP contribution in [0, 0.1) is 0 Å². The standard InChI is InChI=1S/C26H18BrClN2O5/c1-35-25(33)15-7-10-20(11-8-15)30-24(32)21(23(31)29-26(30)34)14-18-13-19(27)9-6-16(18)12-17-4-2-3-5-22(17)28/h2-11,13-14H,12H2,1H3,(H,29,31,34)/b21-14+. The largest absolute Gasteiger partial charge is 0.465 e. The van der Waals surface area contributed by atoms with Gasteiger partial charge in [0, 0.05) is 9.50 Å². The Balaban J connectivity index is 1.71. The molecule has 0 aromatic heterocycles. The van der Waals surface area contributed by atoms with Crippen molar-refractivity contribution in [2.24, 2.45) is 0 Å². The van der Waals surface area contributed by atoms with Crippen molar-refractivity contribution in [3.8, 4) is 0 Å². The maximum Gasteiger partial charge on any atom is 0.337 e. The zero-order valence-corrected chi connectivity index (χ0v) is 20.7. The lowest BCUT2D eigenvalue weighted by Crippen LogP contribution is -2.54. The number of ether oxygens (including phenoxy) is 1. The number of esters is 1. The number of barbiturate groups is 1. The molecule has 0 bridgehead atoms. The van der Waals surface area contributed by atoms with Crippen LogP contribution < -0.4 is 10.2 Å². The van der Waals surface area contributed by atoms with Crippen LogP contribution in [-0.2, 0) is 20.7 Å². The van der Waals surface area contributed by atoms with Gasteiger partial charge in [-0.3, -0.25) is 14.9 Å². The summed E-state index contributed by atoms with van der Waals surface area (Å²) in [5.74, 6) is -2.14. The molecular formula is C26H18BrClN2O5. The molecule has 35 heavy (non-hydrogen) atoms. The second kappa shape index (κ2) is 10.2. The van der Waals surface area contributed by atoms with Crippen LogP contribution in [0.5, 0.6) is 0 Å². The van der Waals surface area contributed by atoms with Crippen molar-refractivity contribution in [1.82, 2.24) is 5.32 Å². The fourth-order valence-corrected chi connectivity index (χ4v) is 4.20. The molecule has 1 heterocycles. The predicted octanol–water partition coefficient (Wildman–Crippen LogP) is 5.15. The van der Waals surface area contributed by atoms with Gasteiger partial charge in [-0.1, -0.05) is 51.8 Å². The molecule has 0 spiro atoms. The van der Waals surface area contributed by atoms with E-state index in [2.05, 4.69) is 26.0 Å². The Morgan fingerprint density at radius 2 is 1.74 bits per heavy atom. The van der Waals surface area contributed by atoms with Crippen molar-refractivity contribution in [2.45, 2.75) is 6.42 Å². The van der Waals surface area contributed by atoms with Crippen molar-refractivity contribution >= 4 is 63.1 Å². The minimum Gasteiger partial charge on any atom is -0.465 e. The summed E-state index contributed by atoms with van der Waals surface area (Å²) < 4.78 is 5.42. The van der Waals surface area contributed by atoms with Crippen molar-refractivity contribution in [2.75, 3.05) is 12.0 Å². The Kier molecular flexibility index (Phi) is 7.14. The number of hydrogen-bond donors (Lipinski definition) is 1. The van der Waals surface area contributed by atoms with Crippen LogP contribution in [0.1, 0.15) is 27.0 Å². The Hall–Kier alpha value is -3.75. The zero-order chi connectivity index (χ0) is 25.1. The number of urea groups is 1. The maximum absolute atomic E-state index is 13.3. The molecule has 0 unspecified atom stereocenters. The lowest BCUT2D eigenvalue weighted by Gasteiger charge is -2.26. The third-order valence-corrected chi connectivity index (χ3v) is 6.26. The smallest absolute Gasteiger partial charge is 0.337 e. The zero-order valence-electron chi connectivity index (χ0n) is 18.4. The van der Waals surface area contributed by atoms with Gasteiger partial charge in [-0.25, -0.2) is 14.5 Å². The molecule has 4 rings (SSSR count). The van der Waals surface area contributed by atoms with E-state index in [4.69, 9.17) is 11.6 Å². The van der Waals surface area contributed by atoms with Gasteiger partial charge in [-0.15, -0.1) is 0 Å². The Morgan fingerprint density at radius 1 is 1.03 bits per heavy atom. The average molecular weight is 554 g/mol. The Labute approximate surface area is 214 Å². The normalized spacial score (nSPS) is 14.8. The van der Waals surface area contributed by atoms with Crippen LogP contribution in [0.25, 0.3) is 6.08 Å². The van der Waals surface area contributed by atoms with Gasteiger partial charge in [0.25, 0.3) is 11.8 Å². The van der Waals surface area contributed by atoms with Crippen LogP contribution in [0.15, 0.2) is 76.8 Å². The highest BCUT2D eigenvalue weighted by Gasteiger charge is 2.37. The summed E-state index contributed by atoms with van der Waals surface area (Å²) in [5.41, 5.74) is 2.59. The first-order chi connectivity index (χ1) is 16.8. The molecule has 3 aromatic carbocycles. The van der Waals surface area contributed by atoms with E-state index in [1.165, 1.54) is 37.5 Å². The van der Waals surface area contributed by atoms with Crippen LogP contribution >= 0.6 is 27.5 Å². The van der Waals surface area contributed by atoms with Crippen LogP contribution in [0.2, 0.25) is 5.02 Å². The number of nitrogens with one attached hydrogen (secondary N) is 1. The number of rotatable bonds is 5. The molecule has 0 atom stereocenters. The van der Waals surface area contributed by atoms with Gasteiger partial charge < -0.3 is 4.74 Å². The van der Waals surface area contributed by atoms with Crippen LogP contribution in [0.4, 0.5) is 10.5 Å². The molecule has 0 saturated carbocycles. The number of carbonyl (C=O) groups excluding carboxylic acids is 4. The number of nitrogens with zero attached hydrogens (tertiary/aromatic N) is 1. The fraction of sp³-hybridized carbons (Fsp3) is 0.0769. The number of halogens is 2. The number of imide groups is 2. The molecular weight excluding hydrogens is 536 g/mol. The summed E-state index contributed by atoms with van der Waals surface area (Å²) >= 11 is 9.75. The number of methoxy groups -OCH3 is 1. The van der Waals surface area contributed by atoms with Crippen molar-refractivity contribution in [1.29, 1.82) is 0 Å². The lowest BCUT2D eigenvalue weighted by molar-refractivity contribution is -0.122. The summed E-state index contributed by atoms with van der Waals surface area (Å²) in [6.45, 7) is 0. The second-order valence-electron chi connectivity index (χ2n) is 7.61. The molecule has 1 N–H and O–H groups in total. The molecule has 176 valence electrons. The van der Waals surface area contributed by atoms with E-state index in [0.717, 1.165) is 20.5 Å². The second-order valence-corrected chi connectivity index (χ2v) is 8.93. The first-order valence-corrected chi connectivity index (χ1v) is 11.6. The van der Waals surface area contributed by atoms with Crippen LogP contribution in [0.3, 0.4) is 0 Å². The first kappa shape index (κ1) is 24.4. The van der Waals surface area contributed by atoms with Crippen molar-refractivity contribution in [3.63, 3.8) is 0 Å². The van der Waals surface area contributed by atoms with E-state index in [0.29, 0.717) is 17.0 Å². The first-order valence-electron chi connectivity index (χ1n) is 10.4. The molecule has 7 nitrogen and oxygen atoms in total. The number of amides is 4. The SMILES string of the molecule is COC(=O)c1ccc(N2C(=O)NC(=O)/C(=C\c3cc(Br)ccc3Cc3ccccc3Cl)C2=O)cc1. The van der Waals surface area contributed by atoms with E-state index >= 15 is 0 Å². The van der Waals surface area contributed by atoms with Crippen molar-refractivity contribution < 1.29 is 23.9 Å². The molecule has 1 aliphatic heterocycles. The molecule has 3 aromatic rings. The van der Waals surface area contributed by atoms with Crippen LogP contribution in [-0.4, -0.2) is 30.9 Å². The number of benzene rings is 3. The number of anilines is 1. The topological polar surface area (TPSA) is 92.8 Å². The van der Waals surface area contributed by atoms with E-state index < -0.39 is 23.8 Å². The van der Waals surface area contributed by atoms with Gasteiger partial charge in [0.15, 0.2) is 0 Å². The minimum atomic E-state index is -0.881. The van der Waals surface area contributed by atoms with E-state index in [1.807, 2.05) is 30.3 Å². The number of carbonyl (C=O) groups is 4. The lowest BCUT2D eigenvalue weighted by atomic mass is 9.97. The Bertz CT molecular complexity index is 1380. The van der Waals surface area contributed by atoms with Gasteiger partial charge in [0.2, 0.25) is 0 Å². The van der Waals surface area contributed by atoms with Gasteiger partial charge >= 0.3 is 12.0 Å². The maximum atomic E-state index is 13.3. The molecule has 0 radical (unpaired) electrons. The van der Waals surface area contributed by atoms with Gasteiger partial charge in [0.1, 0.15) is 5.57 Å². The summed E-state index contributed by atoms with van der Waals surface area (Å²) in [4.78, 5) is 51.0. The van der Waals surface area contributed by atoms with E-state index in [-0.39, 0.29) is 16.8 Å². The minimum absolute atomic E-state index is 0.198. The average Bonchev–Trinajstić information content (AvgIpc) is 2.84. The molecule has 0 aliphatic carbocycles. The van der Waals surface area contributed by atoms with E-state index in [1.54, 1.807) is 12.1 Å². The molecule has 1 aliphatic rings. The van der Waals surface area contributed by atoms with Gasteiger partial charge in [-0.2, -0.15) is 0 Å². The highest BCUT2D eigenvalue weighted by Crippen LogP contribution is 2.27. The van der Waals surface area contributed by atoms with Crippen molar-refractivity contribution in [3.05, 3.63) is 104 Å². The molecule has 1 saturated heterocycles. The summed E-state index contributed by atoms with van der Waals surface area (Å²) in [6.07, 6.45) is 1.93. The highest BCUT2D eigenvalue weighted by atomic mass is 79.9. The number of hydrogen-bond acceptors (Lipinski definition) is 5. The van der Waals surface area contributed by atoms with Gasteiger partial charge in [-0.05, 0) is 71.7 Å². The quantitative estimate of drug-likeness (QED) is 0.268. The third kappa shape index (κ3) is 5.18.